The number of carbonyl (C=O) groups excluding carboxylic acids is 1. The first-order valence-corrected chi connectivity index (χ1v) is 9.60. The number of carbonyl (C=O) groups is 1. The van der Waals surface area contributed by atoms with Gasteiger partial charge in [-0.3, -0.25) is 14.9 Å². The summed E-state index contributed by atoms with van der Waals surface area (Å²) >= 11 is 0. The maximum atomic E-state index is 12.5. The van der Waals surface area contributed by atoms with Gasteiger partial charge in [-0.1, -0.05) is 18.2 Å². The summed E-state index contributed by atoms with van der Waals surface area (Å²) in [6, 6.07) is 10.6. The number of nitro benzene ring substituents is 1. The molecule has 0 saturated heterocycles. The molecule has 2 aromatic carbocycles. The lowest BCUT2D eigenvalue weighted by Crippen LogP contribution is -2.26. The van der Waals surface area contributed by atoms with Crippen LogP contribution in [0.25, 0.3) is 6.08 Å². The fraction of sp³-hybridized carbons (Fsp3) is 0.167. The van der Waals surface area contributed by atoms with E-state index in [1.165, 1.54) is 42.3 Å². The molecule has 140 valence electrons. The number of nitro groups is 1. The van der Waals surface area contributed by atoms with Gasteiger partial charge in [0, 0.05) is 24.8 Å². The van der Waals surface area contributed by atoms with Gasteiger partial charge in [-0.05, 0) is 42.8 Å². The molecule has 1 heterocycles. The average Bonchev–Trinajstić information content (AvgIpc) is 3.09. The van der Waals surface area contributed by atoms with Crippen LogP contribution in [0.3, 0.4) is 0 Å². The van der Waals surface area contributed by atoms with Gasteiger partial charge in [0.1, 0.15) is 0 Å². The van der Waals surface area contributed by atoms with Crippen molar-refractivity contribution in [1.82, 2.24) is 4.72 Å². The lowest BCUT2D eigenvalue weighted by Gasteiger charge is -2.14. The van der Waals surface area contributed by atoms with Crippen LogP contribution in [-0.2, 0) is 21.2 Å². The van der Waals surface area contributed by atoms with Gasteiger partial charge in [-0.15, -0.1) is 0 Å². The smallest absolute Gasteiger partial charge is 0.271 e. The van der Waals surface area contributed by atoms with E-state index in [1.807, 2.05) is 0 Å². The number of benzene rings is 2. The molecule has 0 unspecified atom stereocenters. The molecule has 3 rings (SSSR count). The van der Waals surface area contributed by atoms with Crippen molar-refractivity contribution in [3.8, 4) is 0 Å². The normalized spacial score (nSPS) is 13.7. The standard InChI is InChI=1S/C18H17N3O5S/c1-19-27(25,26)16-7-2-13(3-8-16)4-9-18(22)20-11-10-14-5-6-15(21(23)24)12-17(14)20/h2-9,12,19H,10-11H2,1H3/b9-4+. The van der Waals surface area contributed by atoms with E-state index in [9.17, 15) is 23.3 Å². The van der Waals surface area contributed by atoms with Crippen molar-refractivity contribution in [3.63, 3.8) is 0 Å². The summed E-state index contributed by atoms with van der Waals surface area (Å²) < 4.78 is 25.6. The van der Waals surface area contributed by atoms with E-state index in [4.69, 9.17) is 0 Å². The van der Waals surface area contributed by atoms with Crippen molar-refractivity contribution >= 4 is 33.4 Å². The molecule has 0 fully saturated rings. The molecule has 0 saturated carbocycles. The van der Waals surface area contributed by atoms with E-state index < -0.39 is 14.9 Å². The Bertz CT molecular complexity index is 1030. The molecule has 0 spiro atoms. The Morgan fingerprint density at radius 3 is 2.56 bits per heavy atom. The fourth-order valence-electron chi connectivity index (χ4n) is 2.84. The number of non-ortho nitro benzene ring substituents is 1. The lowest BCUT2D eigenvalue weighted by atomic mass is 10.1. The minimum absolute atomic E-state index is 0.0567. The highest BCUT2D eigenvalue weighted by molar-refractivity contribution is 7.89. The van der Waals surface area contributed by atoms with Gasteiger partial charge >= 0.3 is 0 Å². The first kappa shape index (κ1) is 18.7. The Hall–Kier alpha value is -3.04. The molecular formula is C18H17N3O5S. The maximum absolute atomic E-state index is 12.5. The molecule has 0 radical (unpaired) electrons. The van der Waals surface area contributed by atoms with E-state index in [2.05, 4.69) is 4.72 Å². The Morgan fingerprint density at radius 2 is 1.93 bits per heavy atom. The van der Waals surface area contributed by atoms with Crippen LogP contribution in [-0.4, -0.2) is 32.8 Å². The molecule has 2 aromatic rings. The van der Waals surface area contributed by atoms with E-state index in [0.29, 0.717) is 24.2 Å². The Kier molecular flexibility index (Phi) is 5.06. The zero-order valence-electron chi connectivity index (χ0n) is 14.5. The number of amides is 1. The molecule has 0 aliphatic carbocycles. The highest BCUT2D eigenvalue weighted by Gasteiger charge is 2.25. The minimum atomic E-state index is -3.51. The summed E-state index contributed by atoms with van der Waals surface area (Å²) in [5.74, 6) is -0.291. The SMILES string of the molecule is CNS(=O)(=O)c1ccc(/C=C/C(=O)N2CCc3ccc([N+](=O)[O-])cc32)cc1. The molecular weight excluding hydrogens is 370 g/mol. The summed E-state index contributed by atoms with van der Waals surface area (Å²) in [4.78, 5) is 24.6. The molecule has 1 amide bonds. The second-order valence-electron chi connectivity index (χ2n) is 5.92. The van der Waals surface area contributed by atoms with Crippen LogP contribution >= 0.6 is 0 Å². The van der Waals surface area contributed by atoms with Crippen LogP contribution in [0.4, 0.5) is 11.4 Å². The van der Waals surface area contributed by atoms with Gasteiger partial charge < -0.3 is 4.90 Å². The second-order valence-corrected chi connectivity index (χ2v) is 7.81. The van der Waals surface area contributed by atoms with E-state index >= 15 is 0 Å². The van der Waals surface area contributed by atoms with Gasteiger partial charge in [-0.2, -0.15) is 0 Å². The molecule has 0 aromatic heterocycles. The summed E-state index contributed by atoms with van der Waals surface area (Å²) in [6.45, 7) is 0.457. The molecule has 1 aliphatic heterocycles. The number of anilines is 1. The van der Waals surface area contributed by atoms with Crippen molar-refractivity contribution in [2.24, 2.45) is 0 Å². The highest BCUT2D eigenvalue weighted by atomic mass is 32.2. The molecule has 9 heteroatoms. The number of nitrogens with one attached hydrogen (secondary N) is 1. The molecule has 1 N–H and O–H groups in total. The van der Waals surface area contributed by atoms with Crippen molar-refractivity contribution < 1.29 is 18.1 Å². The molecule has 0 bridgehead atoms. The number of sulfonamides is 1. The highest BCUT2D eigenvalue weighted by Crippen LogP contribution is 2.31. The van der Waals surface area contributed by atoms with Crippen molar-refractivity contribution in [2.75, 3.05) is 18.5 Å². The third kappa shape index (κ3) is 3.88. The van der Waals surface area contributed by atoms with E-state index in [1.54, 1.807) is 24.3 Å². The van der Waals surface area contributed by atoms with Gasteiger partial charge in [-0.25, -0.2) is 13.1 Å². The zero-order valence-corrected chi connectivity index (χ0v) is 15.3. The van der Waals surface area contributed by atoms with Crippen LogP contribution < -0.4 is 9.62 Å². The first-order chi connectivity index (χ1) is 12.8. The fourth-order valence-corrected chi connectivity index (χ4v) is 3.57. The Labute approximate surface area is 156 Å². The molecule has 27 heavy (non-hydrogen) atoms. The van der Waals surface area contributed by atoms with Gasteiger partial charge in [0.05, 0.1) is 15.5 Å². The Balaban J connectivity index is 1.77. The van der Waals surface area contributed by atoms with Gasteiger partial charge in [0.15, 0.2) is 0 Å². The molecule has 8 nitrogen and oxygen atoms in total. The second kappa shape index (κ2) is 7.29. The van der Waals surface area contributed by atoms with Gasteiger partial charge in [0.2, 0.25) is 10.0 Å². The van der Waals surface area contributed by atoms with Crippen molar-refractivity contribution in [2.45, 2.75) is 11.3 Å². The molecule has 1 aliphatic rings. The minimum Gasteiger partial charge on any atom is -0.308 e. The van der Waals surface area contributed by atoms with Crippen molar-refractivity contribution in [1.29, 1.82) is 0 Å². The van der Waals surface area contributed by atoms with Crippen LogP contribution in [0.5, 0.6) is 0 Å². The predicted octanol–water partition coefficient (Wildman–Crippen LogP) is 2.11. The Morgan fingerprint density at radius 1 is 1.22 bits per heavy atom. The maximum Gasteiger partial charge on any atom is 0.271 e. The van der Waals surface area contributed by atoms with E-state index in [0.717, 1.165) is 5.56 Å². The molecule has 0 atom stereocenters. The van der Waals surface area contributed by atoms with Crippen LogP contribution in [0.2, 0.25) is 0 Å². The lowest BCUT2D eigenvalue weighted by molar-refractivity contribution is -0.384. The van der Waals surface area contributed by atoms with Crippen LogP contribution in [0.1, 0.15) is 11.1 Å². The van der Waals surface area contributed by atoms with E-state index in [-0.39, 0.29) is 16.5 Å². The van der Waals surface area contributed by atoms with Crippen molar-refractivity contribution in [3.05, 3.63) is 69.8 Å². The number of nitrogens with zero attached hydrogens (tertiary/aromatic N) is 2. The quantitative estimate of drug-likeness (QED) is 0.480. The predicted molar refractivity (Wildman–Crippen MR) is 101 cm³/mol. The number of hydrogen-bond acceptors (Lipinski definition) is 5. The third-order valence-corrected chi connectivity index (χ3v) is 5.75. The van der Waals surface area contributed by atoms with Gasteiger partial charge in [0.25, 0.3) is 11.6 Å². The number of hydrogen-bond donors (Lipinski definition) is 1. The summed E-state index contributed by atoms with van der Waals surface area (Å²) in [5.41, 5.74) is 2.05. The van der Waals surface area contributed by atoms with Crippen LogP contribution in [0.15, 0.2) is 53.4 Å². The first-order valence-electron chi connectivity index (χ1n) is 8.12. The third-order valence-electron chi connectivity index (χ3n) is 4.32. The summed E-state index contributed by atoms with van der Waals surface area (Å²) in [7, 11) is -2.17. The average molecular weight is 387 g/mol. The number of rotatable bonds is 5. The summed E-state index contributed by atoms with van der Waals surface area (Å²) in [5, 5.41) is 10.9. The monoisotopic (exact) mass is 387 g/mol. The number of fused-ring (bicyclic) bond motifs is 1. The van der Waals surface area contributed by atoms with Crippen LogP contribution in [0, 0.1) is 10.1 Å². The largest absolute Gasteiger partial charge is 0.308 e. The summed E-state index contributed by atoms with van der Waals surface area (Å²) in [6.07, 6.45) is 3.59. The topological polar surface area (TPSA) is 110 Å². The zero-order chi connectivity index (χ0) is 19.6.